The Morgan fingerprint density at radius 2 is 1.96 bits per heavy atom. The van der Waals surface area contributed by atoms with Crippen molar-refractivity contribution < 1.29 is 4.79 Å². The molecule has 1 fully saturated rings. The quantitative estimate of drug-likeness (QED) is 0.828. The molecule has 1 aromatic heterocycles. The SMILES string of the molecule is CCN1CCn2cc(C(=O)N3CCN(c4cccc(Cl)c4)CC3)nc2C1. The minimum absolute atomic E-state index is 0.0423. The molecule has 2 aliphatic heterocycles. The van der Waals surface area contributed by atoms with Crippen LogP contribution >= 0.6 is 11.6 Å². The average Bonchev–Trinajstić information content (AvgIpc) is 3.10. The molecule has 0 bridgehead atoms. The number of rotatable bonds is 3. The minimum Gasteiger partial charge on any atom is -0.368 e. The van der Waals surface area contributed by atoms with Crippen molar-refractivity contribution >= 4 is 23.2 Å². The number of carbonyl (C=O) groups excluding carboxylic acids is 1. The zero-order valence-electron chi connectivity index (χ0n) is 15.1. The molecular weight excluding hydrogens is 350 g/mol. The average molecular weight is 374 g/mol. The van der Waals surface area contributed by atoms with Crippen LogP contribution in [0, 0.1) is 0 Å². The zero-order valence-corrected chi connectivity index (χ0v) is 15.8. The number of amides is 1. The molecule has 2 aliphatic rings. The Bertz CT molecular complexity index is 797. The van der Waals surface area contributed by atoms with Crippen LogP contribution in [0.5, 0.6) is 0 Å². The third-order valence-corrected chi connectivity index (χ3v) is 5.52. The van der Waals surface area contributed by atoms with Crippen molar-refractivity contribution in [1.82, 2.24) is 19.4 Å². The summed E-state index contributed by atoms with van der Waals surface area (Å²) < 4.78 is 2.13. The number of fused-ring (bicyclic) bond motifs is 1. The lowest BCUT2D eigenvalue weighted by Gasteiger charge is -2.35. The first-order valence-corrected chi connectivity index (χ1v) is 9.60. The largest absolute Gasteiger partial charge is 0.368 e. The minimum atomic E-state index is 0.0423. The van der Waals surface area contributed by atoms with Crippen molar-refractivity contribution in [1.29, 1.82) is 0 Å². The van der Waals surface area contributed by atoms with E-state index in [-0.39, 0.29) is 5.91 Å². The van der Waals surface area contributed by atoms with E-state index in [2.05, 4.69) is 32.3 Å². The summed E-state index contributed by atoms with van der Waals surface area (Å²) in [6, 6.07) is 7.88. The van der Waals surface area contributed by atoms with E-state index in [4.69, 9.17) is 11.6 Å². The third kappa shape index (κ3) is 3.44. The van der Waals surface area contributed by atoms with Gasteiger partial charge in [0.2, 0.25) is 0 Å². The molecule has 3 heterocycles. The predicted octanol–water partition coefficient (Wildman–Crippen LogP) is 2.33. The predicted molar refractivity (Wildman–Crippen MR) is 103 cm³/mol. The summed E-state index contributed by atoms with van der Waals surface area (Å²) in [7, 11) is 0. The molecule has 1 saturated heterocycles. The van der Waals surface area contributed by atoms with Gasteiger partial charge >= 0.3 is 0 Å². The molecule has 1 aromatic carbocycles. The number of hydrogen-bond donors (Lipinski definition) is 0. The summed E-state index contributed by atoms with van der Waals surface area (Å²) in [6.07, 6.45) is 1.92. The highest BCUT2D eigenvalue weighted by atomic mass is 35.5. The molecule has 1 amide bonds. The first-order valence-electron chi connectivity index (χ1n) is 9.22. The lowest BCUT2D eigenvalue weighted by Crippen LogP contribution is -2.48. The number of carbonyl (C=O) groups is 1. The highest BCUT2D eigenvalue weighted by molar-refractivity contribution is 6.30. The maximum atomic E-state index is 12.9. The first kappa shape index (κ1) is 17.4. The number of benzene rings is 1. The number of halogens is 1. The number of piperazine rings is 1. The molecule has 2 aromatic rings. The molecule has 4 rings (SSSR count). The van der Waals surface area contributed by atoms with E-state index in [1.165, 1.54) is 0 Å². The van der Waals surface area contributed by atoms with Gasteiger partial charge in [-0.1, -0.05) is 24.6 Å². The second-order valence-corrected chi connectivity index (χ2v) is 7.30. The van der Waals surface area contributed by atoms with E-state index >= 15 is 0 Å². The highest BCUT2D eigenvalue weighted by Crippen LogP contribution is 2.21. The smallest absolute Gasteiger partial charge is 0.274 e. The van der Waals surface area contributed by atoms with Gasteiger partial charge in [-0.15, -0.1) is 0 Å². The molecule has 0 spiro atoms. The van der Waals surface area contributed by atoms with Crippen LogP contribution in [0.3, 0.4) is 0 Å². The van der Waals surface area contributed by atoms with Gasteiger partial charge in [0.05, 0.1) is 6.54 Å². The molecule has 6 nitrogen and oxygen atoms in total. The second-order valence-electron chi connectivity index (χ2n) is 6.86. The van der Waals surface area contributed by atoms with E-state index in [1.54, 1.807) is 0 Å². The normalized spacial score (nSPS) is 18.1. The Balaban J connectivity index is 1.40. The molecule has 0 radical (unpaired) electrons. The summed E-state index contributed by atoms with van der Waals surface area (Å²) in [6.45, 7) is 8.95. The van der Waals surface area contributed by atoms with Gasteiger partial charge in [-0.2, -0.15) is 0 Å². The Hall–Kier alpha value is -2.05. The van der Waals surface area contributed by atoms with Gasteiger partial charge in [0.25, 0.3) is 5.91 Å². The second kappa shape index (κ2) is 7.29. The number of aromatic nitrogens is 2. The van der Waals surface area contributed by atoms with Gasteiger partial charge in [-0.3, -0.25) is 9.69 Å². The molecule has 0 saturated carbocycles. The maximum absolute atomic E-state index is 12.9. The molecule has 138 valence electrons. The summed E-state index contributed by atoms with van der Waals surface area (Å²) in [4.78, 5) is 24.0. The van der Waals surface area contributed by atoms with Crippen molar-refractivity contribution in [3.8, 4) is 0 Å². The van der Waals surface area contributed by atoms with E-state index in [0.717, 1.165) is 55.8 Å². The van der Waals surface area contributed by atoms with Crippen molar-refractivity contribution in [3.63, 3.8) is 0 Å². The Morgan fingerprint density at radius 1 is 1.15 bits per heavy atom. The Kier molecular flexibility index (Phi) is 4.87. The van der Waals surface area contributed by atoms with Crippen molar-refractivity contribution in [2.24, 2.45) is 0 Å². The number of hydrogen-bond acceptors (Lipinski definition) is 4. The van der Waals surface area contributed by atoms with Crippen LogP contribution in [0.4, 0.5) is 5.69 Å². The van der Waals surface area contributed by atoms with E-state index < -0.39 is 0 Å². The van der Waals surface area contributed by atoms with Crippen LogP contribution in [0.25, 0.3) is 0 Å². The fraction of sp³-hybridized carbons (Fsp3) is 0.474. The van der Waals surface area contributed by atoms with Gasteiger partial charge in [0, 0.05) is 56.2 Å². The Morgan fingerprint density at radius 3 is 2.69 bits per heavy atom. The number of likely N-dealkylation sites (N-methyl/N-ethyl adjacent to an activating group) is 1. The summed E-state index contributed by atoms with van der Waals surface area (Å²) in [5.74, 6) is 1.04. The van der Waals surface area contributed by atoms with Gasteiger partial charge < -0.3 is 14.4 Å². The summed E-state index contributed by atoms with van der Waals surface area (Å²) in [5, 5.41) is 0.741. The number of nitrogens with zero attached hydrogens (tertiary/aromatic N) is 5. The van der Waals surface area contributed by atoms with E-state index in [0.29, 0.717) is 18.8 Å². The topological polar surface area (TPSA) is 44.6 Å². The van der Waals surface area contributed by atoms with Crippen LogP contribution in [0.2, 0.25) is 5.02 Å². The summed E-state index contributed by atoms with van der Waals surface area (Å²) in [5.41, 5.74) is 1.69. The molecule has 26 heavy (non-hydrogen) atoms. The van der Waals surface area contributed by atoms with Crippen molar-refractivity contribution in [3.05, 3.63) is 47.0 Å². The summed E-state index contributed by atoms with van der Waals surface area (Å²) >= 11 is 6.09. The van der Waals surface area contributed by atoms with Crippen LogP contribution < -0.4 is 4.90 Å². The third-order valence-electron chi connectivity index (χ3n) is 5.29. The zero-order chi connectivity index (χ0) is 18.1. The standard InChI is InChI=1S/C19H24ClN5O/c1-2-22-6-7-25-13-17(21-18(25)14-22)19(26)24-10-8-23(9-11-24)16-5-3-4-15(20)12-16/h3-5,12-13H,2,6-11,14H2,1H3. The Labute approximate surface area is 159 Å². The molecule has 7 heteroatoms. The van der Waals surface area contributed by atoms with Crippen molar-refractivity contribution in [2.75, 3.05) is 44.2 Å². The molecule has 0 atom stereocenters. The fourth-order valence-electron chi connectivity index (χ4n) is 3.68. The van der Waals surface area contributed by atoms with Gasteiger partial charge in [0.15, 0.2) is 0 Å². The van der Waals surface area contributed by atoms with Gasteiger partial charge in [-0.25, -0.2) is 4.98 Å². The van der Waals surface area contributed by atoms with Crippen LogP contribution in [0.1, 0.15) is 23.2 Å². The molecule has 0 aliphatic carbocycles. The maximum Gasteiger partial charge on any atom is 0.274 e. The van der Waals surface area contributed by atoms with Crippen LogP contribution in [-0.2, 0) is 13.1 Å². The van der Waals surface area contributed by atoms with E-state index in [1.807, 2.05) is 29.3 Å². The van der Waals surface area contributed by atoms with E-state index in [9.17, 15) is 4.79 Å². The fourth-order valence-corrected chi connectivity index (χ4v) is 3.86. The molecule has 0 unspecified atom stereocenters. The monoisotopic (exact) mass is 373 g/mol. The van der Waals surface area contributed by atoms with Crippen LogP contribution in [-0.4, -0.2) is 64.5 Å². The highest BCUT2D eigenvalue weighted by Gasteiger charge is 2.26. The van der Waals surface area contributed by atoms with Crippen LogP contribution in [0.15, 0.2) is 30.5 Å². The number of anilines is 1. The lowest BCUT2D eigenvalue weighted by atomic mass is 10.2. The molecular formula is C19H24ClN5O. The first-order chi connectivity index (χ1) is 12.6. The van der Waals surface area contributed by atoms with Gasteiger partial charge in [-0.05, 0) is 24.7 Å². The molecule has 0 N–H and O–H groups in total. The van der Waals surface area contributed by atoms with Gasteiger partial charge in [0.1, 0.15) is 11.5 Å². The van der Waals surface area contributed by atoms with Crippen molar-refractivity contribution in [2.45, 2.75) is 20.0 Å². The number of imidazole rings is 1. The lowest BCUT2D eigenvalue weighted by molar-refractivity contribution is 0.0741.